The van der Waals surface area contributed by atoms with E-state index in [-0.39, 0.29) is 12.5 Å². The van der Waals surface area contributed by atoms with Crippen LogP contribution in [0.15, 0.2) is 29.4 Å². The molecule has 1 aliphatic rings. The number of nitrogens with zero attached hydrogens (tertiary/aromatic N) is 2. The van der Waals surface area contributed by atoms with Gasteiger partial charge < -0.3 is 14.4 Å². The summed E-state index contributed by atoms with van der Waals surface area (Å²) in [7, 11) is 1.61. The van der Waals surface area contributed by atoms with Gasteiger partial charge in [-0.2, -0.15) is 5.10 Å². The third-order valence-corrected chi connectivity index (χ3v) is 3.87. The average Bonchev–Trinajstić information content (AvgIpc) is 2.59. The molecule has 2 rings (SSSR count). The van der Waals surface area contributed by atoms with Gasteiger partial charge in [-0.3, -0.25) is 4.79 Å². The number of carbonyl (C=O) groups excluding carboxylic acids is 1. The summed E-state index contributed by atoms with van der Waals surface area (Å²) in [4.78, 5) is 14.2. The Bertz CT molecular complexity index is 531. The molecule has 1 amide bonds. The Morgan fingerprint density at radius 2 is 1.83 bits per heavy atom. The minimum atomic E-state index is -0.250. The van der Waals surface area contributed by atoms with E-state index in [1.807, 2.05) is 0 Å². The molecule has 0 unspecified atom stereocenters. The van der Waals surface area contributed by atoms with Gasteiger partial charge in [0.1, 0.15) is 11.5 Å². The van der Waals surface area contributed by atoms with Crippen molar-refractivity contribution in [2.24, 2.45) is 5.10 Å². The summed E-state index contributed by atoms with van der Waals surface area (Å²) in [6.45, 7) is 6.32. The minimum Gasteiger partial charge on any atom is -0.497 e. The van der Waals surface area contributed by atoms with Crippen LogP contribution in [0.4, 0.5) is 0 Å². The van der Waals surface area contributed by atoms with Crippen LogP contribution in [0.1, 0.15) is 26.7 Å². The molecular formula is C17H25N3O3. The Balaban J connectivity index is 1.71. The number of ether oxygens (including phenoxy) is 2. The largest absolute Gasteiger partial charge is 0.497 e. The Hall–Kier alpha value is -2.08. The second-order valence-corrected chi connectivity index (χ2v) is 5.81. The van der Waals surface area contributed by atoms with Crippen LogP contribution in [0.25, 0.3) is 0 Å². The Labute approximate surface area is 137 Å². The molecule has 0 atom stereocenters. The maximum Gasteiger partial charge on any atom is 0.277 e. The standard InChI is InChI=1S/C17H25N3O3/c1-13(2)20-10-8-14(9-11-20)18-19-17(21)12-23-16-6-4-15(22-3)5-7-16/h4-7,13H,8-12H2,1-3H3,(H,19,21). The highest BCUT2D eigenvalue weighted by Crippen LogP contribution is 2.16. The van der Waals surface area contributed by atoms with Crippen molar-refractivity contribution in [2.75, 3.05) is 26.8 Å². The van der Waals surface area contributed by atoms with Crippen molar-refractivity contribution in [3.05, 3.63) is 24.3 Å². The number of amides is 1. The third kappa shape index (κ3) is 5.56. The molecule has 0 aromatic heterocycles. The van der Waals surface area contributed by atoms with E-state index < -0.39 is 0 Å². The van der Waals surface area contributed by atoms with Crippen LogP contribution >= 0.6 is 0 Å². The summed E-state index contributed by atoms with van der Waals surface area (Å²) in [5.74, 6) is 1.12. The number of benzene rings is 1. The summed E-state index contributed by atoms with van der Waals surface area (Å²) in [6.07, 6.45) is 1.80. The van der Waals surface area contributed by atoms with Crippen LogP contribution in [0.3, 0.4) is 0 Å². The van der Waals surface area contributed by atoms with E-state index in [9.17, 15) is 4.79 Å². The lowest BCUT2D eigenvalue weighted by molar-refractivity contribution is -0.123. The van der Waals surface area contributed by atoms with E-state index >= 15 is 0 Å². The number of piperidine rings is 1. The van der Waals surface area contributed by atoms with Crippen molar-refractivity contribution in [1.29, 1.82) is 0 Å². The molecule has 23 heavy (non-hydrogen) atoms. The first-order valence-electron chi connectivity index (χ1n) is 7.93. The number of hydrogen-bond acceptors (Lipinski definition) is 5. The molecule has 0 saturated carbocycles. The molecule has 1 fully saturated rings. The monoisotopic (exact) mass is 319 g/mol. The zero-order chi connectivity index (χ0) is 16.7. The van der Waals surface area contributed by atoms with Gasteiger partial charge in [0, 0.05) is 37.7 Å². The SMILES string of the molecule is COc1ccc(OCC(=O)NN=C2CCN(C(C)C)CC2)cc1. The van der Waals surface area contributed by atoms with Gasteiger partial charge >= 0.3 is 0 Å². The second-order valence-electron chi connectivity index (χ2n) is 5.81. The molecule has 1 N–H and O–H groups in total. The van der Waals surface area contributed by atoms with Gasteiger partial charge in [0.2, 0.25) is 0 Å². The number of rotatable bonds is 6. The molecule has 6 heteroatoms. The van der Waals surface area contributed by atoms with Crippen molar-refractivity contribution < 1.29 is 14.3 Å². The summed E-state index contributed by atoms with van der Waals surface area (Å²) < 4.78 is 10.5. The zero-order valence-corrected chi connectivity index (χ0v) is 14.0. The summed E-state index contributed by atoms with van der Waals surface area (Å²) in [6, 6.07) is 7.66. The van der Waals surface area contributed by atoms with Crippen LogP contribution in [-0.4, -0.2) is 49.4 Å². The molecular weight excluding hydrogens is 294 g/mol. The summed E-state index contributed by atoms with van der Waals surface area (Å²) in [5.41, 5.74) is 3.61. The molecule has 0 radical (unpaired) electrons. The van der Waals surface area contributed by atoms with Crippen LogP contribution in [-0.2, 0) is 4.79 Å². The van der Waals surface area contributed by atoms with Gasteiger partial charge in [0.25, 0.3) is 5.91 Å². The van der Waals surface area contributed by atoms with Crippen LogP contribution in [0.2, 0.25) is 0 Å². The van der Waals surface area contributed by atoms with Crippen LogP contribution < -0.4 is 14.9 Å². The smallest absolute Gasteiger partial charge is 0.277 e. The number of methoxy groups -OCH3 is 1. The quantitative estimate of drug-likeness (QED) is 0.815. The topological polar surface area (TPSA) is 63.2 Å². The van der Waals surface area contributed by atoms with Gasteiger partial charge in [-0.25, -0.2) is 5.43 Å². The van der Waals surface area contributed by atoms with Crippen LogP contribution in [0.5, 0.6) is 11.5 Å². The van der Waals surface area contributed by atoms with Gasteiger partial charge in [-0.05, 0) is 38.1 Å². The van der Waals surface area contributed by atoms with Crippen molar-refractivity contribution in [2.45, 2.75) is 32.7 Å². The lowest BCUT2D eigenvalue weighted by Gasteiger charge is -2.30. The zero-order valence-electron chi connectivity index (χ0n) is 14.0. The number of carbonyl (C=O) groups is 1. The molecule has 0 aliphatic carbocycles. The van der Waals surface area contributed by atoms with E-state index in [1.54, 1.807) is 31.4 Å². The van der Waals surface area contributed by atoms with Gasteiger partial charge in [0.15, 0.2) is 6.61 Å². The molecule has 1 aromatic carbocycles. The lowest BCUT2D eigenvalue weighted by Crippen LogP contribution is -2.39. The van der Waals surface area contributed by atoms with Crippen molar-refractivity contribution in [3.63, 3.8) is 0 Å². The molecule has 126 valence electrons. The lowest BCUT2D eigenvalue weighted by atomic mass is 10.1. The predicted molar refractivity (Wildman–Crippen MR) is 90.0 cm³/mol. The Morgan fingerprint density at radius 1 is 1.22 bits per heavy atom. The van der Waals surface area contributed by atoms with E-state index in [0.29, 0.717) is 11.8 Å². The highest BCUT2D eigenvalue weighted by atomic mass is 16.5. The van der Waals surface area contributed by atoms with Crippen molar-refractivity contribution >= 4 is 11.6 Å². The molecule has 1 saturated heterocycles. The summed E-state index contributed by atoms with van der Waals surface area (Å²) >= 11 is 0. The van der Waals surface area contributed by atoms with E-state index in [0.717, 1.165) is 37.4 Å². The van der Waals surface area contributed by atoms with Gasteiger partial charge in [-0.15, -0.1) is 0 Å². The number of hydrogen-bond donors (Lipinski definition) is 1. The third-order valence-electron chi connectivity index (χ3n) is 3.87. The minimum absolute atomic E-state index is 0.0543. The molecule has 1 aromatic rings. The normalized spacial score (nSPS) is 15.4. The van der Waals surface area contributed by atoms with E-state index in [2.05, 4.69) is 29.3 Å². The highest BCUT2D eigenvalue weighted by molar-refractivity contribution is 5.87. The molecule has 1 aliphatic heterocycles. The molecule has 0 bridgehead atoms. The van der Waals surface area contributed by atoms with Crippen LogP contribution in [0, 0.1) is 0 Å². The highest BCUT2D eigenvalue weighted by Gasteiger charge is 2.17. The van der Waals surface area contributed by atoms with Gasteiger partial charge in [-0.1, -0.05) is 0 Å². The second kappa shape index (κ2) is 8.53. The first-order chi connectivity index (χ1) is 11.1. The van der Waals surface area contributed by atoms with E-state index in [4.69, 9.17) is 9.47 Å². The maximum absolute atomic E-state index is 11.8. The Morgan fingerprint density at radius 3 is 2.39 bits per heavy atom. The Kier molecular flexibility index (Phi) is 6.40. The fraction of sp³-hybridized carbons (Fsp3) is 0.529. The first kappa shape index (κ1) is 17.3. The molecule has 0 spiro atoms. The molecule has 6 nitrogen and oxygen atoms in total. The fourth-order valence-corrected chi connectivity index (χ4v) is 2.40. The van der Waals surface area contributed by atoms with Crippen molar-refractivity contribution in [3.8, 4) is 11.5 Å². The summed E-state index contributed by atoms with van der Waals surface area (Å²) in [5, 5.41) is 4.21. The maximum atomic E-state index is 11.8. The number of nitrogens with one attached hydrogen (secondary N) is 1. The first-order valence-corrected chi connectivity index (χ1v) is 7.93. The van der Waals surface area contributed by atoms with Crippen molar-refractivity contribution in [1.82, 2.24) is 10.3 Å². The predicted octanol–water partition coefficient (Wildman–Crippen LogP) is 2.05. The fourth-order valence-electron chi connectivity index (χ4n) is 2.40. The van der Waals surface area contributed by atoms with Gasteiger partial charge in [0.05, 0.1) is 7.11 Å². The number of hydrazone groups is 1. The van der Waals surface area contributed by atoms with E-state index in [1.165, 1.54) is 0 Å². The number of likely N-dealkylation sites (tertiary alicyclic amines) is 1. The average molecular weight is 319 g/mol. The molecule has 1 heterocycles.